The van der Waals surface area contributed by atoms with E-state index in [1.54, 1.807) is 0 Å². The van der Waals surface area contributed by atoms with Crippen molar-refractivity contribution in [1.29, 1.82) is 0 Å². The average Bonchev–Trinajstić information content (AvgIpc) is 2.79. The number of likely N-dealkylation sites (N-methyl/N-ethyl adjacent to an activating group) is 1. The first-order chi connectivity index (χ1) is 14.7. The Hall–Kier alpha value is -1.63. The van der Waals surface area contributed by atoms with E-state index in [0.717, 1.165) is 51.7 Å². The van der Waals surface area contributed by atoms with Crippen LogP contribution >= 0.6 is 0 Å². The van der Waals surface area contributed by atoms with Crippen LogP contribution < -0.4 is 10.6 Å². The van der Waals surface area contributed by atoms with Gasteiger partial charge in [-0.05, 0) is 38.8 Å². The number of aliphatic imine (C=N–C) groups is 1. The van der Waals surface area contributed by atoms with Crippen molar-refractivity contribution < 1.29 is 4.74 Å². The molecule has 0 spiro atoms. The fourth-order valence-corrected chi connectivity index (χ4v) is 4.37. The van der Waals surface area contributed by atoms with Crippen molar-refractivity contribution in [1.82, 2.24) is 20.4 Å². The van der Waals surface area contributed by atoms with Crippen molar-refractivity contribution in [3.05, 3.63) is 35.4 Å². The van der Waals surface area contributed by atoms with Gasteiger partial charge in [0.2, 0.25) is 0 Å². The van der Waals surface area contributed by atoms with E-state index in [1.165, 1.54) is 43.7 Å². The third-order valence-electron chi connectivity index (χ3n) is 6.31. The molecule has 2 N–H and O–H groups in total. The predicted molar refractivity (Wildman–Crippen MR) is 125 cm³/mol. The molecule has 2 saturated heterocycles. The second kappa shape index (κ2) is 12.3. The lowest BCUT2D eigenvalue weighted by Crippen LogP contribution is -2.49. The molecular formula is C24H41N5O. The Morgan fingerprint density at radius 2 is 1.80 bits per heavy atom. The van der Waals surface area contributed by atoms with Crippen molar-refractivity contribution in [2.45, 2.75) is 39.7 Å². The minimum atomic E-state index is 0.154. The molecule has 3 rings (SSSR count). The highest BCUT2D eigenvalue weighted by Gasteiger charge is 2.27. The molecule has 1 aromatic carbocycles. The van der Waals surface area contributed by atoms with E-state index in [2.05, 4.69) is 65.5 Å². The molecule has 0 amide bonds. The Labute approximate surface area is 183 Å². The number of ether oxygens (including phenoxy) is 1. The Morgan fingerprint density at radius 1 is 1.07 bits per heavy atom. The highest BCUT2D eigenvalue weighted by atomic mass is 16.5. The monoisotopic (exact) mass is 415 g/mol. The van der Waals surface area contributed by atoms with Crippen LogP contribution in [0, 0.1) is 12.8 Å². The van der Waals surface area contributed by atoms with Gasteiger partial charge in [-0.1, -0.05) is 36.8 Å². The normalized spacial score (nSPS) is 24.0. The minimum Gasteiger partial charge on any atom is -0.373 e. The van der Waals surface area contributed by atoms with E-state index in [4.69, 9.17) is 9.73 Å². The standard InChI is InChI=1S/C24H41N5O/c1-4-25-24(26-12-13-29-16-14-28(5-2)15-17-29)27-19-22-7-6-18-30-23(22)21-10-8-20(3)9-11-21/h8-11,22-23H,4-7,12-19H2,1-3H3,(H2,25,26,27). The number of rotatable bonds is 8. The van der Waals surface area contributed by atoms with Crippen molar-refractivity contribution in [2.24, 2.45) is 10.9 Å². The van der Waals surface area contributed by atoms with Gasteiger partial charge in [0.25, 0.3) is 0 Å². The number of aryl methyl sites for hydroxylation is 1. The molecule has 6 heteroatoms. The minimum absolute atomic E-state index is 0.154. The highest BCUT2D eigenvalue weighted by molar-refractivity contribution is 5.79. The Kier molecular flexibility index (Phi) is 9.43. The smallest absolute Gasteiger partial charge is 0.191 e. The van der Waals surface area contributed by atoms with Crippen molar-refractivity contribution in [2.75, 3.05) is 65.5 Å². The highest BCUT2D eigenvalue weighted by Crippen LogP contribution is 2.33. The molecule has 0 aromatic heterocycles. The number of nitrogens with one attached hydrogen (secondary N) is 2. The predicted octanol–water partition coefficient (Wildman–Crippen LogP) is 2.66. The third-order valence-corrected chi connectivity index (χ3v) is 6.31. The van der Waals surface area contributed by atoms with Gasteiger partial charge in [0.15, 0.2) is 5.96 Å². The summed E-state index contributed by atoms with van der Waals surface area (Å²) < 4.78 is 6.17. The number of nitrogens with zero attached hydrogens (tertiary/aromatic N) is 3. The average molecular weight is 416 g/mol. The molecule has 2 aliphatic heterocycles. The van der Waals surface area contributed by atoms with Crippen LogP contribution in [0.5, 0.6) is 0 Å². The van der Waals surface area contributed by atoms with E-state index in [-0.39, 0.29) is 6.10 Å². The summed E-state index contributed by atoms with van der Waals surface area (Å²) in [6, 6.07) is 8.78. The molecule has 0 radical (unpaired) electrons. The van der Waals surface area contributed by atoms with Crippen LogP contribution in [0.3, 0.4) is 0 Å². The first-order valence-corrected chi connectivity index (χ1v) is 11.8. The SMILES string of the molecule is CCNC(=NCC1CCCOC1c1ccc(C)cc1)NCCN1CCN(CC)CC1. The molecule has 0 bridgehead atoms. The third kappa shape index (κ3) is 6.96. The maximum atomic E-state index is 6.17. The Morgan fingerprint density at radius 3 is 2.50 bits per heavy atom. The Bertz CT molecular complexity index is 640. The first kappa shape index (κ1) is 23.0. The van der Waals surface area contributed by atoms with Gasteiger partial charge in [-0.2, -0.15) is 0 Å². The summed E-state index contributed by atoms with van der Waals surface area (Å²) in [5, 5.41) is 6.95. The molecule has 2 fully saturated rings. The zero-order valence-electron chi connectivity index (χ0n) is 19.2. The lowest BCUT2D eigenvalue weighted by atomic mass is 9.89. The molecule has 2 unspecified atom stereocenters. The van der Waals surface area contributed by atoms with Crippen molar-refractivity contribution >= 4 is 5.96 Å². The van der Waals surface area contributed by atoms with Gasteiger partial charge in [-0.3, -0.25) is 9.89 Å². The van der Waals surface area contributed by atoms with E-state index in [0.29, 0.717) is 5.92 Å². The van der Waals surface area contributed by atoms with Crippen molar-refractivity contribution in [3.8, 4) is 0 Å². The topological polar surface area (TPSA) is 52.1 Å². The van der Waals surface area contributed by atoms with Crippen LogP contribution in [-0.2, 0) is 4.74 Å². The van der Waals surface area contributed by atoms with E-state index < -0.39 is 0 Å². The molecular weight excluding hydrogens is 374 g/mol. The molecule has 0 aliphatic carbocycles. The zero-order chi connectivity index (χ0) is 21.2. The number of guanidine groups is 1. The molecule has 2 atom stereocenters. The summed E-state index contributed by atoms with van der Waals surface area (Å²) >= 11 is 0. The lowest BCUT2D eigenvalue weighted by Gasteiger charge is -2.34. The van der Waals surface area contributed by atoms with E-state index in [9.17, 15) is 0 Å². The van der Waals surface area contributed by atoms with Gasteiger partial charge in [0.1, 0.15) is 0 Å². The molecule has 0 saturated carbocycles. The van der Waals surface area contributed by atoms with E-state index in [1.807, 2.05) is 0 Å². The fraction of sp³-hybridized carbons (Fsp3) is 0.708. The summed E-state index contributed by atoms with van der Waals surface area (Å²) in [7, 11) is 0. The number of hydrogen-bond acceptors (Lipinski definition) is 4. The van der Waals surface area contributed by atoms with Crippen LogP contribution in [-0.4, -0.2) is 81.3 Å². The van der Waals surface area contributed by atoms with Crippen LogP contribution in [0.1, 0.15) is 43.9 Å². The van der Waals surface area contributed by atoms with Gasteiger partial charge in [-0.15, -0.1) is 0 Å². The molecule has 1 aromatic rings. The molecule has 2 aliphatic rings. The number of benzene rings is 1. The second-order valence-corrected chi connectivity index (χ2v) is 8.53. The number of hydrogen-bond donors (Lipinski definition) is 2. The maximum Gasteiger partial charge on any atom is 0.191 e. The number of piperazine rings is 1. The van der Waals surface area contributed by atoms with Crippen LogP contribution in [0.4, 0.5) is 0 Å². The lowest BCUT2D eigenvalue weighted by molar-refractivity contribution is -0.0250. The summed E-state index contributed by atoms with van der Waals surface area (Å²) in [6.07, 6.45) is 2.44. The van der Waals surface area contributed by atoms with Gasteiger partial charge in [0.05, 0.1) is 6.10 Å². The maximum absolute atomic E-state index is 6.17. The van der Waals surface area contributed by atoms with Crippen LogP contribution in [0.2, 0.25) is 0 Å². The summed E-state index contributed by atoms with van der Waals surface area (Å²) in [5.41, 5.74) is 2.57. The first-order valence-electron chi connectivity index (χ1n) is 11.8. The van der Waals surface area contributed by atoms with Gasteiger partial charge >= 0.3 is 0 Å². The summed E-state index contributed by atoms with van der Waals surface area (Å²) in [5.74, 6) is 1.36. The van der Waals surface area contributed by atoms with Crippen molar-refractivity contribution in [3.63, 3.8) is 0 Å². The van der Waals surface area contributed by atoms with Crippen LogP contribution in [0.25, 0.3) is 0 Å². The fourth-order valence-electron chi connectivity index (χ4n) is 4.37. The van der Waals surface area contributed by atoms with Gasteiger partial charge < -0.3 is 20.3 Å². The van der Waals surface area contributed by atoms with Gasteiger partial charge in [-0.25, -0.2) is 0 Å². The quantitative estimate of drug-likeness (QED) is 0.505. The summed E-state index contributed by atoms with van der Waals surface area (Å²) in [6.45, 7) is 16.9. The largest absolute Gasteiger partial charge is 0.373 e. The molecule has 6 nitrogen and oxygen atoms in total. The second-order valence-electron chi connectivity index (χ2n) is 8.53. The van der Waals surface area contributed by atoms with E-state index >= 15 is 0 Å². The molecule has 168 valence electrons. The zero-order valence-corrected chi connectivity index (χ0v) is 19.2. The summed E-state index contributed by atoms with van der Waals surface area (Å²) in [4.78, 5) is 9.99. The molecule has 30 heavy (non-hydrogen) atoms. The van der Waals surface area contributed by atoms with Crippen LogP contribution in [0.15, 0.2) is 29.3 Å². The van der Waals surface area contributed by atoms with Gasteiger partial charge in [0, 0.05) is 64.9 Å². The molecule has 2 heterocycles. The Balaban J connectivity index is 1.50.